The molecule has 0 aromatic heterocycles. The van der Waals surface area contributed by atoms with Crippen LogP contribution in [0.25, 0.3) is 0 Å². The first-order chi connectivity index (χ1) is 9.03. The molecule has 0 saturated carbocycles. The SMILES string of the molecule is CC(c1ccccc1)N(F)S(=O)(=O)c1ccccc1. The monoisotopic (exact) mass is 279 g/mol. The normalized spacial score (nSPS) is 13.4. The second kappa shape index (κ2) is 5.50. The highest BCUT2D eigenvalue weighted by Crippen LogP contribution is 2.27. The third-order valence-corrected chi connectivity index (χ3v) is 4.50. The Morgan fingerprint density at radius 3 is 1.95 bits per heavy atom. The Kier molecular flexibility index (Phi) is 3.97. The summed E-state index contributed by atoms with van der Waals surface area (Å²) in [5.74, 6) is 0. The smallest absolute Gasteiger partial charge is 0.205 e. The van der Waals surface area contributed by atoms with Gasteiger partial charge in [-0.25, -0.2) is 8.42 Å². The topological polar surface area (TPSA) is 37.4 Å². The first-order valence-electron chi connectivity index (χ1n) is 5.83. The molecule has 19 heavy (non-hydrogen) atoms. The summed E-state index contributed by atoms with van der Waals surface area (Å²) >= 11 is 0. The molecule has 0 aliphatic heterocycles. The molecule has 3 nitrogen and oxygen atoms in total. The van der Waals surface area contributed by atoms with Crippen LogP contribution in [0, 0.1) is 0 Å². The number of nitrogens with zero attached hydrogens (tertiary/aromatic N) is 1. The highest BCUT2D eigenvalue weighted by Gasteiger charge is 2.30. The molecule has 0 spiro atoms. The van der Waals surface area contributed by atoms with Crippen LogP contribution in [-0.2, 0) is 10.0 Å². The van der Waals surface area contributed by atoms with Crippen molar-refractivity contribution < 1.29 is 12.9 Å². The van der Waals surface area contributed by atoms with Crippen molar-refractivity contribution in [3.8, 4) is 0 Å². The molecule has 0 saturated heterocycles. The number of hydrogen-bond donors (Lipinski definition) is 0. The van der Waals surface area contributed by atoms with Gasteiger partial charge in [-0.3, -0.25) is 0 Å². The second-order valence-corrected chi connectivity index (χ2v) is 5.92. The van der Waals surface area contributed by atoms with Crippen molar-refractivity contribution in [2.24, 2.45) is 0 Å². The quantitative estimate of drug-likeness (QED) is 0.805. The van der Waals surface area contributed by atoms with Crippen LogP contribution in [-0.4, -0.2) is 12.9 Å². The summed E-state index contributed by atoms with van der Waals surface area (Å²) < 4.78 is 38.3. The van der Waals surface area contributed by atoms with Crippen molar-refractivity contribution in [1.82, 2.24) is 4.53 Å². The van der Waals surface area contributed by atoms with E-state index in [0.29, 0.717) is 5.56 Å². The van der Waals surface area contributed by atoms with E-state index in [2.05, 4.69) is 0 Å². The Bertz CT molecular complexity index is 629. The van der Waals surface area contributed by atoms with Gasteiger partial charge < -0.3 is 0 Å². The zero-order valence-electron chi connectivity index (χ0n) is 10.4. The summed E-state index contributed by atoms with van der Waals surface area (Å²) in [6.07, 6.45) is 0. The first-order valence-corrected chi connectivity index (χ1v) is 7.27. The Labute approximate surface area is 112 Å². The molecule has 0 fully saturated rings. The lowest BCUT2D eigenvalue weighted by Gasteiger charge is -2.19. The molecule has 0 heterocycles. The maximum Gasteiger partial charge on any atom is 0.269 e. The molecule has 2 rings (SSSR count). The van der Waals surface area contributed by atoms with E-state index in [1.165, 1.54) is 19.1 Å². The van der Waals surface area contributed by atoms with E-state index in [0.717, 1.165) is 0 Å². The largest absolute Gasteiger partial charge is 0.269 e. The minimum absolute atomic E-state index is 0.0553. The van der Waals surface area contributed by atoms with Crippen molar-refractivity contribution in [3.63, 3.8) is 0 Å². The van der Waals surface area contributed by atoms with E-state index < -0.39 is 16.1 Å². The molecule has 5 heteroatoms. The van der Waals surface area contributed by atoms with Crippen LogP contribution < -0.4 is 0 Å². The third-order valence-electron chi connectivity index (χ3n) is 2.86. The molecule has 100 valence electrons. The average Bonchev–Trinajstić information content (AvgIpc) is 2.47. The Morgan fingerprint density at radius 2 is 1.42 bits per heavy atom. The summed E-state index contributed by atoms with van der Waals surface area (Å²) in [6, 6.07) is 15.4. The number of hydrogen-bond acceptors (Lipinski definition) is 2. The van der Waals surface area contributed by atoms with Gasteiger partial charge in [0.2, 0.25) is 0 Å². The molecular weight excluding hydrogens is 265 g/mol. The van der Waals surface area contributed by atoms with E-state index in [1.54, 1.807) is 48.5 Å². The number of benzene rings is 2. The van der Waals surface area contributed by atoms with Crippen LogP contribution in [0.2, 0.25) is 0 Å². The molecule has 2 aromatic carbocycles. The van der Waals surface area contributed by atoms with Crippen LogP contribution in [0.5, 0.6) is 0 Å². The standard InChI is InChI=1S/C14H14FNO2S/c1-12(13-8-4-2-5-9-13)16(15)19(17,18)14-10-6-3-7-11-14/h2-12H,1H3. The van der Waals surface area contributed by atoms with Crippen LogP contribution in [0.1, 0.15) is 18.5 Å². The fourth-order valence-electron chi connectivity index (χ4n) is 1.75. The average molecular weight is 279 g/mol. The maximum absolute atomic E-state index is 14.2. The zero-order valence-corrected chi connectivity index (χ0v) is 11.2. The minimum atomic E-state index is -4.12. The van der Waals surface area contributed by atoms with Gasteiger partial charge in [0.25, 0.3) is 10.0 Å². The van der Waals surface area contributed by atoms with E-state index >= 15 is 0 Å². The van der Waals surface area contributed by atoms with Crippen molar-refractivity contribution in [3.05, 3.63) is 66.2 Å². The molecule has 1 atom stereocenters. The van der Waals surface area contributed by atoms with Crippen molar-refractivity contribution >= 4 is 10.0 Å². The number of sulfonamides is 1. The van der Waals surface area contributed by atoms with Gasteiger partial charge in [0.05, 0.1) is 10.9 Å². The summed E-state index contributed by atoms with van der Waals surface area (Å²) in [6.45, 7) is 1.51. The minimum Gasteiger partial charge on any atom is -0.205 e. The molecule has 0 amide bonds. The third kappa shape index (κ3) is 2.83. The fraction of sp³-hybridized carbons (Fsp3) is 0.143. The van der Waals surface area contributed by atoms with Crippen molar-refractivity contribution in [1.29, 1.82) is 0 Å². The summed E-state index contributed by atoms with van der Waals surface area (Å²) in [5, 5.41) is 0. The van der Waals surface area contributed by atoms with Gasteiger partial charge in [-0.1, -0.05) is 48.5 Å². The molecule has 0 radical (unpaired) electrons. The predicted molar refractivity (Wildman–Crippen MR) is 71.4 cm³/mol. The first kappa shape index (κ1) is 13.7. The van der Waals surface area contributed by atoms with Gasteiger partial charge in [0.15, 0.2) is 0 Å². The van der Waals surface area contributed by atoms with Crippen LogP contribution in [0.4, 0.5) is 4.48 Å². The molecule has 0 aliphatic carbocycles. The summed E-state index contributed by atoms with van der Waals surface area (Å²) in [4.78, 5) is -0.0553. The molecule has 2 aromatic rings. The highest BCUT2D eigenvalue weighted by molar-refractivity contribution is 7.89. The lowest BCUT2D eigenvalue weighted by molar-refractivity contribution is 0.0930. The van der Waals surface area contributed by atoms with Gasteiger partial charge >= 0.3 is 0 Å². The van der Waals surface area contributed by atoms with Gasteiger partial charge in [0, 0.05) is 0 Å². The Hall–Kier alpha value is -1.72. The van der Waals surface area contributed by atoms with Gasteiger partial charge in [-0.15, -0.1) is 4.48 Å². The highest BCUT2D eigenvalue weighted by atomic mass is 32.2. The molecule has 1 unspecified atom stereocenters. The van der Waals surface area contributed by atoms with Crippen LogP contribution in [0.3, 0.4) is 0 Å². The van der Waals surface area contributed by atoms with Crippen molar-refractivity contribution in [2.45, 2.75) is 17.9 Å². The van der Waals surface area contributed by atoms with Crippen molar-refractivity contribution in [2.75, 3.05) is 0 Å². The lowest BCUT2D eigenvalue weighted by Crippen LogP contribution is -2.26. The lowest BCUT2D eigenvalue weighted by atomic mass is 10.1. The van der Waals surface area contributed by atoms with E-state index in [-0.39, 0.29) is 9.42 Å². The number of halogens is 1. The zero-order chi connectivity index (χ0) is 13.9. The molecule has 0 bridgehead atoms. The molecular formula is C14H14FNO2S. The molecule has 0 aliphatic rings. The van der Waals surface area contributed by atoms with E-state index in [4.69, 9.17) is 0 Å². The second-order valence-electron chi connectivity index (χ2n) is 4.15. The molecule has 0 N–H and O–H groups in total. The fourth-order valence-corrected chi connectivity index (χ4v) is 2.99. The van der Waals surface area contributed by atoms with E-state index in [9.17, 15) is 12.9 Å². The van der Waals surface area contributed by atoms with Gasteiger partial charge in [-0.05, 0) is 29.1 Å². The van der Waals surface area contributed by atoms with Crippen LogP contribution in [0.15, 0.2) is 65.6 Å². The summed E-state index contributed by atoms with van der Waals surface area (Å²) in [7, 11) is -4.12. The Balaban J connectivity index is 2.32. The van der Waals surface area contributed by atoms with E-state index in [1.807, 2.05) is 0 Å². The van der Waals surface area contributed by atoms with Gasteiger partial charge in [-0.2, -0.15) is 0 Å². The Morgan fingerprint density at radius 1 is 0.947 bits per heavy atom. The maximum atomic E-state index is 14.2. The van der Waals surface area contributed by atoms with Gasteiger partial charge in [0.1, 0.15) is 0 Å². The number of rotatable bonds is 4. The summed E-state index contributed by atoms with van der Waals surface area (Å²) in [5.41, 5.74) is 0.601. The predicted octanol–water partition coefficient (Wildman–Crippen LogP) is 3.32. The van der Waals surface area contributed by atoms with Crippen LogP contribution >= 0.6 is 0 Å².